The van der Waals surface area contributed by atoms with Crippen molar-refractivity contribution in [2.75, 3.05) is 12.8 Å². The second kappa shape index (κ2) is 5.92. The van der Waals surface area contributed by atoms with Crippen LogP contribution in [0, 0.1) is 5.92 Å². The molecule has 5 heteroatoms. The van der Waals surface area contributed by atoms with E-state index in [1.54, 1.807) is 24.3 Å². The molecule has 4 nitrogen and oxygen atoms in total. The highest BCUT2D eigenvalue weighted by molar-refractivity contribution is 7.90. The van der Waals surface area contributed by atoms with Crippen LogP contribution in [0.3, 0.4) is 0 Å². The molecule has 0 radical (unpaired) electrons. The van der Waals surface area contributed by atoms with Crippen molar-refractivity contribution in [1.29, 1.82) is 0 Å². The fourth-order valence-corrected chi connectivity index (χ4v) is 3.17. The summed E-state index contributed by atoms with van der Waals surface area (Å²) in [4.78, 5) is 0.318. The summed E-state index contributed by atoms with van der Waals surface area (Å²) < 4.78 is 28.7. The standard InChI is InChI=1S/C14H21NO3S/c1-19(16,17)13-8-6-12(7-9-13)18-14-5-3-2-4-11(14)10-15/h6-9,11,14H,2-5,10,15H2,1H3. The van der Waals surface area contributed by atoms with Crippen molar-refractivity contribution >= 4 is 9.84 Å². The van der Waals surface area contributed by atoms with Crippen molar-refractivity contribution in [1.82, 2.24) is 0 Å². The van der Waals surface area contributed by atoms with Crippen molar-refractivity contribution in [3.8, 4) is 5.75 Å². The van der Waals surface area contributed by atoms with E-state index in [9.17, 15) is 8.42 Å². The Balaban J connectivity index is 2.06. The summed E-state index contributed by atoms with van der Waals surface area (Å²) in [6.07, 6.45) is 5.88. The summed E-state index contributed by atoms with van der Waals surface area (Å²) in [7, 11) is -3.14. The van der Waals surface area contributed by atoms with Crippen LogP contribution < -0.4 is 10.5 Å². The largest absolute Gasteiger partial charge is 0.490 e. The molecule has 0 bridgehead atoms. The summed E-state index contributed by atoms with van der Waals surface area (Å²) in [6.45, 7) is 0.645. The average Bonchev–Trinajstić information content (AvgIpc) is 2.39. The van der Waals surface area contributed by atoms with Crippen LogP contribution in [0.5, 0.6) is 5.75 Å². The van der Waals surface area contributed by atoms with Crippen molar-refractivity contribution < 1.29 is 13.2 Å². The molecule has 2 atom stereocenters. The Morgan fingerprint density at radius 1 is 1.21 bits per heavy atom. The van der Waals surface area contributed by atoms with Gasteiger partial charge < -0.3 is 10.5 Å². The molecule has 2 unspecified atom stereocenters. The molecule has 1 aliphatic rings. The zero-order chi connectivity index (χ0) is 13.9. The Bertz CT molecular complexity index is 510. The minimum absolute atomic E-state index is 0.155. The van der Waals surface area contributed by atoms with E-state index in [2.05, 4.69) is 0 Å². The molecular weight excluding hydrogens is 262 g/mol. The summed E-state index contributed by atoms with van der Waals surface area (Å²) in [5, 5.41) is 0. The lowest BCUT2D eigenvalue weighted by atomic mass is 9.86. The lowest BCUT2D eigenvalue weighted by molar-refractivity contribution is 0.0969. The van der Waals surface area contributed by atoms with Crippen LogP contribution in [0.4, 0.5) is 0 Å². The number of sulfone groups is 1. The van der Waals surface area contributed by atoms with E-state index in [0.29, 0.717) is 17.4 Å². The maximum atomic E-state index is 11.4. The first-order chi connectivity index (χ1) is 9.00. The van der Waals surface area contributed by atoms with E-state index in [1.165, 1.54) is 19.1 Å². The van der Waals surface area contributed by atoms with Gasteiger partial charge in [0.05, 0.1) is 4.90 Å². The van der Waals surface area contributed by atoms with E-state index in [-0.39, 0.29) is 6.10 Å². The molecule has 1 fully saturated rings. The highest BCUT2D eigenvalue weighted by Gasteiger charge is 2.25. The number of rotatable bonds is 4. The third-order valence-electron chi connectivity index (χ3n) is 3.68. The van der Waals surface area contributed by atoms with Gasteiger partial charge in [0.1, 0.15) is 11.9 Å². The molecule has 106 valence electrons. The van der Waals surface area contributed by atoms with Crippen molar-refractivity contribution in [2.24, 2.45) is 11.7 Å². The Morgan fingerprint density at radius 3 is 2.42 bits per heavy atom. The first kappa shape index (κ1) is 14.3. The number of benzene rings is 1. The summed E-state index contributed by atoms with van der Waals surface area (Å²) in [6, 6.07) is 6.62. The minimum Gasteiger partial charge on any atom is -0.490 e. The highest BCUT2D eigenvalue weighted by Crippen LogP contribution is 2.28. The predicted octanol–water partition coefficient (Wildman–Crippen LogP) is 1.99. The second-order valence-corrected chi connectivity index (χ2v) is 7.20. The summed E-state index contributed by atoms with van der Waals surface area (Å²) in [5.74, 6) is 1.13. The van der Waals surface area contributed by atoms with Gasteiger partial charge >= 0.3 is 0 Å². The minimum atomic E-state index is -3.14. The van der Waals surface area contributed by atoms with Gasteiger partial charge in [-0.25, -0.2) is 8.42 Å². The predicted molar refractivity (Wildman–Crippen MR) is 75.0 cm³/mol. The Labute approximate surface area is 114 Å². The molecule has 19 heavy (non-hydrogen) atoms. The summed E-state index contributed by atoms with van der Waals surface area (Å²) >= 11 is 0. The van der Waals surface area contributed by atoms with Gasteiger partial charge in [-0.3, -0.25) is 0 Å². The second-order valence-electron chi connectivity index (χ2n) is 5.18. The van der Waals surface area contributed by atoms with Crippen molar-refractivity contribution in [3.63, 3.8) is 0 Å². The molecule has 0 spiro atoms. The number of ether oxygens (including phenoxy) is 1. The molecule has 1 aromatic carbocycles. The van der Waals surface area contributed by atoms with Gasteiger partial charge in [0.15, 0.2) is 9.84 Å². The highest BCUT2D eigenvalue weighted by atomic mass is 32.2. The van der Waals surface area contributed by atoms with Crippen molar-refractivity contribution in [3.05, 3.63) is 24.3 Å². The van der Waals surface area contributed by atoms with E-state index < -0.39 is 9.84 Å². The van der Waals surface area contributed by atoms with Gasteiger partial charge in [0, 0.05) is 12.2 Å². The Hall–Kier alpha value is -1.07. The molecule has 0 amide bonds. The monoisotopic (exact) mass is 283 g/mol. The molecule has 2 N–H and O–H groups in total. The van der Waals surface area contributed by atoms with E-state index >= 15 is 0 Å². The molecule has 0 aromatic heterocycles. The summed E-state index contributed by atoms with van der Waals surface area (Å²) in [5.41, 5.74) is 5.77. The Kier molecular flexibility index (Phi) is 4.47. The van der Waals surface area contributed by atoms with Gasteiger partial charge in [-0.15, -0.1) is 0 Å². The number of hydrogen-bond donors (Lipinski definition) is 1. The zero-order valence-corrected chi connectivity index (χ0v) is 12.0. The topological polar surface area (TPSA) is 69.4 Å². The fraction of sp³-hybridized carbons (Fsp3) is 0.571. The quantitative estimate of drug-likeness (QED) is 0.917. The third-order valence-corrected chi connectivity index (χ3v) is 4.81. The lowest BCUT2D eigenvalue weighted by Gasteiger charge is -2.31. The molecule has 1 aliphatic carbocycles. The molecule has 1 aromatic rings. The normalized spacial score (nSPS) is 24.1. The van der Waals surface area contributed by atoms with Crippen molar-refractivity contribution in [2.45, 2.75) is 36.7 Å². The number of hydrogen-bond acceptors (Lipinski definition) is 4. The molecule has 0 aliphatic heterocycles. The lowest BCUT2D eigenvalue weighted by Crippen LogP contribution is -2.35. The maximum Gasteiger partial charge on any atom is 0.175 e. The molecule has 0 heterocycles. The van der Waals surface area contributed by atoms with E-state index in [0.717, 1.165) is 18.6 Å². The number of nitrogens with two attached hydrogens (primary N) is 1. The van der Waals surface area contributed by atoms with Crippen LogP contribution in [-0.2, 0) is 9.84 Å². The van der Waals surface area contributed by atoms with Gasteiger partial charge in [-0.2, -0.15) is 0 Å². The first-order valence-electron chi connectivity index (χ1n) is 6.67. The average molecular weight is 283 g/mol. The fourth-order valence-electron chi connectivity index (χ4n) is 2.54. The SMILES string of the molecule is CS(=O)(=O)c1ccc(OC2CCCCC2CN)cc1. The van der Waals surface area contributed by atoms with E-state index in [1.807, 2.05) is 0 Å². The molecular formula is C14H21NO3S. The first-order valence-corrected chi connectivity index (χ1v) is 8.56. The van der Waals surface area contributed by atoms with Crippen LogP contribution in [0.15, 0.2) is 29.2 Å². The molecule has 0 saturated heterocycles. The van der Waals surface area contributed by atoms with E-state index in [4.69, 9.17) is 10.5 Å². The maximum absolute atomic E-state index is 11.4. The van der Waals surface area contributed by atoms with Gasteiger partial charge in [0.25, 0.3) is 0 Å². The Morgan fingerprint density at radius 2 is 1.84 bits per heavy atom. The van der Waals surface area contributed by atoms with Crippen LogP contribution in [0.2, 0.25) is 0 Å². The van der Waals surface area contributed by atoms with Crippen LogP contribution in [-0.4, -0.2) is 27.3 Å². The van der Waals surface area contributed by atoms with Gasteiger partial charge in [0.2, 0.25) is 0 Å². The third kappa shape index (κ3) is 3.70. The molecule has 1 saturated carbocycles. The smallest absolute Gasteiger partial charge is 0.175 e. The van der Waals surface area contributed by atoms with Crippen LogP contribution in [0.1, 0.15) is 25.7 Å². The van der Waals surface area contributed by atoms with Gasteiger partial charge in [-0.05, 0) is 50.1 Å². The van der Waals surface area contributed by atoms with Crippen LogP contribution >= 0.6 is 0 Å². The van der Waals surface area contributed by atoms with Crippen LogP contribution in [0.25, 0.3) is 0 Å². The van der Waals surface area contributed by atoms with Gasteiger partial charge in [-0.1, -0.05) is 6.42 Å². The molecule has 2 rings (SSSR count). The zero-order valence-electron chi connectivity index (χ0n) is 11.2.